The van der Waals surface area contributed by atoms with Crippen LogP contribution in [0.4, 0.5) is 4.39 Å². The monoisotopic (exact) mass is 273 g/mol. The molecule has 0 saturated heterocycles. The van der Waals surface area contributed by atoms with Gasteiger partial charge in [-0.3, -0.25) is 0 Å². The fourth-order valence-corrected chi connectivity index (χ4v) is 2.38. The van der Waals surface area contributed by atoms with Gasteiger partial charge >= 0.3 is 5.82 Å². The highest BCUT2D eigenvalue weighted by Crippen LogP contribution is 2.21. The lowest BCUT2D eigenvalue weighted by molar-refractivity contribution is -0.596. The van der Waals surface area contributed by atoms with E-state index < -0.39 is 0 Å². The Labute approximate surface area is 112 Å². The Balaban J connectivity index is 2.05. The standard InChI is InChI=1S/C13H8FN3OS/c14-10-4-1-3-9(7-10)11-8-17(18)13(16-15-11)12-5-2-6-19-12/h1-8H. The maximum atomic E-state index is 13.1. The van der Waals surface area contributed by atoms with Crippen molar-refractivity contribution in [2.45, 2.75) is 0 Å². The van der Waals surface area contributed by atoms with Crippen molar-refractivity contribution >= 4 is 11.3 Å². The van der Waals surface area contributed by atoms with Gasteiger partial charge in [0.15, 0.2) is 5.69 Å². The lowest BCUT2D eigenvalue weighted by Crippen LogP contribution is -2.30. The van der Waals surface area contributed by atoms with Crippen LogP contribution in [0.15, 0.2) is 48.0 Å². The predicted octanol–water partition coefficient (Wildman–Crippen LogP) is 2.64. The summed E-state index contributed by atoms with van der Waals surface area (Å²) in [6.07, 6.45) is 1.30. The van der Waals surface area contributed by atoms with Gasteiger partial charge in [0, 0.05) is 5.56 Å². The summed E-state index contributed by atoms with van der Waals surface area (Å²) < 4.78 is 13.8. The first-order chi connectivity index (χ1) is 9.24. The second-order valence-electron chi connectivity index (χ2n) is 3.85. The summed E-state index contributed by atoms with van der Waals surface area (Å²) in [5, 5.41) is 21.7. The Bertz CT molecular complexity index is 716. The Kier molecular flexibility index (Phi) is 2.92. The second-order valence-corrected chi connectivity index (χ2v) is 4.80. The molecule has 0 aliphatic heterocycles. The van der Waals surface area contributed by atoms with Crippen molar-refractivity contribution in [2.75, 3.05) is 0 Å². The number of hydrogen-bond acceptors (Lipinski definition) is 4. The quantitative estimate of drug-likeness (QED) is 0.533. The maximum Gasteiger partial charge on any atom is 0.370 e. The van der Waals surface area contributed by atoms with Crippen LogP contribution < -0.4 is 4.73 Å². The van der Waals surface area contributed by atoms with Gasteiger partial charge in [-0.2, -0.15) is 0 Å². The molecule has 0 atom stereocenters. The minimum Gasteiger partial charge on any atom is -0.710 e. The van der Waals surface area contributed by atoms with Gasteiger partial charge in [0.1, 0.15) is 16.9 Å². The Hall–Kier alpha value is -2.34. The SMILES string of the molecule is [O-][n+]1cc(-c2cccc(F)c2)nnc1-c1cccs1. The van der Waals surface area contributed by atoms with Gasteiger partial charge in [-0.05, 0) is 28.7 Å². The van der Waals surface area contributed by atoms with Gasteiger partial charge in [0.05, 0.1) is 5.10 Å². The Morgan fingerprint density at radius 3 is 2.74 bits per heavy atom. The average Bonchev–Trinajstić information content (AvgIpc) is 2.92. The zero-order chi connectivity index (χ0) is 13.2. The Morgan fingerprint density at radius 1 is 1.16 bits per heavy atom. The lowest BCUT2D eigenvalue weighted by atomic mass is 10.2. The largest absolute Gasteiger partial charge is 0.710 e. The first-order valence-electron chi connectivity index (χ1n) is 5.51. The molecule has 2 aromatic heterocycles. The van der Waals surface area contributed by atoms with Crippen molar-refractivity contribution in [3.8, 4) is 22.0 Å². The predicted molar refractivity (Wildman–Crippen MR) is 69.7 cm³/mol. The highest BCUT2D eigenvalue weighted by molar-refractivity contribution is 7.13. The van der Waals surface area contributed by atoms with Crippen LogP contribution in [0.5, 0.6) is 0 Å². The molecule has 94 valence electrons. The highest BCUT2D eigenvalue weighted by Gasteiger charge is 2.15. The molecule has 0 unspecified atom stereocenters. The van der Waals surface area contributed by atoms with E-state index in [1.54, 1.807) is 18.2 Å². The van der Waals surface area contributed by atoms with E-state index in [2.05, 4.69) is 10.2 Å². The van der Waals surface area contributed by atoms with Gasteiger partial charge in [0.2, 0.25) is 0 Å². The van der Waals surface area contributed by atoms with E-state index in [1.165, 1.54) is 29.7 Å². The van der Waals surface area contributed by atoms with Crippen LogP contribution in [0, 0.1) is 11.0 Å². The fraction of sp³-hybridized carbons (Fsp3) is 0. The summed E-state index contributed by atoms with van der Waals surface area (Å²) in [5.41, 5.74) is 0.865. The zero-order valence-electron chi connectivity index (χ0n) is 9.65. The highest BCUT2D eigenvalue weighted by atomic mass is 32.1. The third-order valence-electron chi connectivity index (χ3n) is 2.56. The van der Waals surface area contributed by atoms with E-state index >= 15 is 0 Å². The number of rotatable bonds is 2. The summed E-state index contributed by atoms with van der Waals surface area (Å²) in [4.78, 5) is 0.744. The minimum absolute atomic E-state index is 0.246. The van der Waals surface area contributed by atoms with E-state index in [9.17, 15) is 9.60 Å². The van der Waals surface area contributed by atoms with E-state index in [0.717, 1.165) is 4.88 Å². The number of hydrogen-bond donors (Lipinski definition) is 0. The Morgan fingerprint density at radius 2 is 2.05 bits per heavy atom. The van der Waals surface area contributed by atoms with Crippen LogP contribution in [0.2, 0.25) is 0 Å². The first-order valence-corrected chi connectivity index (χ1v) is 6.39. The molecule has 0 aliphatic rings. The van der Waals surface area contributed by atoms with Gasteiger partial charge in [-0.25, -0.2) is 9.12 Å². The second kappa shape index (κ2) is 4.74. The molecular weight excluding hydrogens is 265 g/mol. The molecule has 19 heavy (non-hydrogen) atoms. The number of benzene rings is 1. The molecule has 0 spiro atoms. The summed E-state index contributed by atoms with van der Waals surface area (Å²) in [6, 6.07) is 9.52. The molecule has 4 nitrogen and oxygen atoms in total. The van der Waals surface area contributed by atoms with Crippen LogP contribution >= 0.6 is 11.3 Å². The normalized spacial score (nSPS) is 10.6. The summed E-state index contributed by atoms with van der Waals surface area (Å²) in [5.74, 6) is -0.130. The maximum absolute atomic E-state index is 13.1. The molecule has 0 bridgehead atoms. The number of nitrogens with zero attached hydrogens (tertiary/aromatic N) is 3. The van der Waals surface area contributed by atoms with E-state index in [-0.39, 0.29) is 11.6 Å². The van der Waals surface area contributed by atoms with Crippen molar-refractivity contribution in [3.63, 3.8) is 0 Å². The smallest absolute Gasteiger partial charge is 0.370 e. The van der Waals surface area contributed by atoms with Gasteiger partial charge in [-0.1, -0.05) is 18.2 Å². The van der Waals surface area contributed by atoms with Crippen LogP contribution in [0.1, 0.15) is 0 Å². The third-order valence-corrected chi connectivity index (χ3v) is 3.43. The summed E-state index contributed by atoms with van der Waals surface area (Å²) in [7, 11) is 0. The molecule has 2 heterocycles. The minimum atomic E-state index is -0.376. The molecule has 3 aromatic rings. The van der Waals surface area contributed by atoms with Crippen molar-refractivity contribution in [1.29, 1.82) is 0 Å². The zero-order valence-corrected chi connectivity index (χ0v) is 10.5. The van der Waals surface area contributed by atoms with Crippen LogP contribution in [0.25, 0.3) is 22.0 Å². The van der Waals surface area contributed by atoms with Crippen LogP contribution in [-0.4, -0.2) is 10.2 Å². The molecule has 3 rings (SSSR count). The first kappa shape index (κ1) is 11.7. The molecule has 0 aliphatic carbocycles. The summed E-state index contributed by atoms with van der Waals surface area (Å²) in [6.45, 7) is 0. The lowest BCUT2D eigenvalue weighted by Gasteiger charge is -2.05. The van der Waals surface area contributed by atoms with Crippen molar-refractivity contribution < 1.29 is 9.12 Å². The van der Waals surface area contributed by atoms with Crippen LogP contribution in [0.3, 0.4) is 0 Å². The van der Waals surface area contributed by atoms with Gasteiger partial charge in [-0.15, -0.1) is 11.3 Å². The van der Waals surface area contributed by atoms with Gasteiger partial charge < -0.3 is 5.21 Å². The molecule has 6 heteroatoms. The van der Waals surface area contributed by atoms with Gasteiger partial charge in [0.25, 0.3) is 0 Å². The van der Waals surface area contributed by atoms with E-state index in [1.807, 2.05) is 11.4 Å². The average molecular weight is 273 g/mol. The van der Waals surface area contributed by atoms with Crippen molar-refractivity contribution in [2.24, 2.45) is 0 Å². The molecule has 0 saturated carbocycles. The van der Waals surface area contributed by atoms with Crippen molar-refractivity contribution in [3.05, 3.63) is 59.0 Å². The van der Waals surface area contributed by atoms with E-state index in [0.29, 0.717) is 16.0 Å². The number of aromatic nitrogens is 3. The number of halogens is 1. The van der Waals surface area contributed by atoms with Crippen LogP contribution in [-0.2, 0) is 0 Å². The molecule has 0 N–H and O–H groups in total. The third kappa shape index (κ3) is 2.30. The molecule has 1 aromatic carbocycles. The molecular formula is C13H8FN3OS. The topological polar surface area (TPSA) is 52.7 Å². The van der Waals surface area contributed by atoms with E-state index in [4.69, 9.17) is 0 Å². The molecule has 0 fully saturated rings. The molecule has 0 amide bonds. The fourth-order valence-electron chi connectivity index (χ4n) is 1.69. The number of thiophene rings is 1. The summed E-state index contributed by atoms with van der Waals surface area (Å²) >= 11 is 1.41. The molecule has 0 radical (unpaired) electrons. The van der Waals surface area contributed by atoms with Crippen molar-refractivity contribution in [1.82, 2.24) is 10.2 Å².